The van der Waals surface area contributed by atoms with E-state index in [4.69, 9.17) is 9.47 Å². The van der Waals surface area contributed by atoms with E-state index in [0.29, 0.717) is 24.0 Å². The minimum Gasteiger partial charge on any atom is -0.497 e. The Bertz CT molecular complexity index is 1070. The molecule has 4 rings (SSSR count). The van der Waals surface area contributed by atoms with Gasteiger partial charge in [0.15, 0.2) is 6.61 Å². The number of aromatic nitrogens is 3. The van der Waals surface area contributed by atoms with Gasteiger partial charge in [0.1, 0.15) is 17.3 Å². The van der Waals surface area contributed by atoms with Gasteiger partial charge in [-0.05, 0) is 37.1 Å². The second-order valence-electron chi connectivity index (χ2n) is 7.13. The number of carbonyl (C=O) groups excluding carboxylic acids is 1. The lowest BCUT2D eigenvalue weighted by Crippen LogP contribution is -2.34. The molecule has 1 fully saturated rings. The molecule has 0 unspecified atom stereocenters. The van der Waals surface area contributed by atoms with Gasteiger partial charge in [-0.25, -0.2) is 14.0 Å². The van der Waals surface area contributed by atoms with Crippen molar-refractivity contribution in [3.05, 3.63) is 70.9 Å². The Kier molecular flexibility index (Phi) is 5.83. The molecule has 0 radical (unpaired) electrons. The number of hydrogen-bond acceptors (Lipinski definition) is 5. The van der Waals surface area contributed by atoms with Crippen LogP contribution in [0.25, 0.3) is 5.69 Å². The smallest absolute Gasteiger partial charge is 0.350 e. The van der Waals surface area contributed by atoms with Crippen LogP contribution >= 0.6 is 0 Å². The Hall–Kier alpha value is -3.55. The minimum atomic E-state index is -0.268. The monoisotopic (exact) mass is 408 g/mol. The highest BCUT2D eigenvalue weighted by molar-refractivity contribution is 5.77. The van der Waals surface area contributed by atoms with Gasteiger partial charge in [0.05, 0.1) is 19.3 Å². The summed E-state index contributed by atoms with van der Waals surface area (Å²) in [5.41, 5.74) is 0.622. The maximum Gasteiger partial charge on any atom is 0.350 e. The molecule has 0 atom stereocenters. The molecule has 1 amide bonds. The Morgan fingerprint density at radius 2 is 1.90 bits per heavy atom. The van der Waals surface area contributed by atoms with Crippen LogP contribution in [0.4, 0.5) is 0 Å². The van der Waals surface area contributed by atoms with Crippen molar-refractivity contribution in [3.63, 3.8) is 0 Å². The van der Waals surface area contributed by atoms with Crippen LogP contribution < -0.4 is 20.5 Å². The first-order chi connectivity index (χ1) is 14.7. The molecule has 1 aromatic heterocycles. The van der Waals surface area contributed by atoms with Gasteiger partial charge in [-0.3, -0.25) is 4.79 Å². The standard InChI is InChI=1S/C22H24N4O4/c1-29-18-8-5-9-19(14-18)30-15-20(27)23-12-13-25-22(28)26(17-6-3-2-4-7-17)21(24-25)16-10-11-16/h2-9,14,16H,10-13,15H2,1H3,(H,23,27). The minimum absolute atomic E-state index is 0.117. The normalized spacial score (nSPS) is 13.1. The second-order valence-corrected chi connectivity index (χ2v) is 7.13. The molecule has 0 aliphatic heterocycles. The van der Waals surface area contributed by atoms with E-state index < -0.39 is 0 Å². The first-order valence-corrected chi connectivity index (χ1v) is 9.94. The summed E-state index contributed by atoms with van der Waals surface area (Å²) in [5, 5.41) is 7.29. The van der Waals surface area contributed by atoms with Crippen molar-refractivity contribution in [1.82, 2.24) is 19.7 Å². The zero-order chi connectivity index (χ0) is 20.9. The van der Waals surface area contributed by atoms with Crippen molar-refractivity contribution in [1.29, 1.82) is 0 Å². The topological polar surface area (TPSA) is 87.4 Å². The van der Waals surface area contributed by atoms with Crippen molar-refractivity contribution in [2.24, 2.45) is 0 Å². The van der Waals surface area contributed by atoms with Crippen molar-refractivity contribution >= 4 is 5.91 Å². The molecule has 8 nitrogen and oxygen atoms in total. The number of hydrogen-bond donors (Lipinski definition) is 1. The molecular formula is C22H24N4O4. The van der Waals surface area contributed by atoms with Crippen LogP contribution in [0, 0.1) is 0 Å². The molecule has 0 spiro atoms. The summed E-state index contributed by atoms with van der Waals surface area (Å²) in [4.78, 5) is 25.0. The highest BCUT2D eigenvalue weighted by Crippen LogP contribution is 2.39. The molecule has 1 aliphatic rings. The van der Waals surface area contributed by atoms with Gasteiger partial charge in [-0.15, -0.1) is 0 Å². The van der Waals surface area contributed by atoms with Gasteiger partial charge in [0.25, 0.3) is 5.91 Å². The Labute approximate surface area is 174 Å². The number of benzene rings is 2. The molecule has 30 heavy (non-hydrogen) atoms. The molecule has 1 saturated carbocycles. The number of ether oxygens (including phenoxy) is 2. The first kappa shape index (κ1) is 19.8. The number of nitrogens with one attached hydrogen (secondary N) is 1. The van der Waals surface area contributed by atoms with E-state index in [9.17, 15) is 9.59 Å². The molecule has 156 valence electrons. The fraction of sp³-hybridized carbons (Fsp3) is 0.318. The third-order valence-electron chi connectivity index (χ3n) is 4.88. The SMILES string of the molecule is COc1cccc(OCC(=O)NCCn2nc(C3CC3)n(-c3ccccc3)c2=O)c1. The van der Waals surface area contributed by atoms with Gasteiger partial charge in [-0.2, -0.15) is 5.10 Å². The number of nitrogens with zero attached hydrogens (tertiary/aromatic N) is 3. The lowest BCUT2D eigenvalue weighted by atomic mass is 10.3. The maximum atomic E-state index is 12.9. The number of para-hydroxylation sites is 1. The zero-order valence-corrected chi connectivity index (χ0v) is 16.8. The largest absolute Gasteiger partial charge is 0.497 e. The molecule has 1 heterocycles. The van der Waals surface area contributed by atoms with Gasteiger partial charge < -0.3 is 14.8 Å². The van der Waals surface area contributed by atoms with Gasteiger partial charge in [0.2, 0.25) is 0 Å². The molecular weight excluding hydrogens is 384 g/mol. The lowest BCUT2D eigenvalue weighted by molar-refractivity contribution is -0.123. The maximum absolute atomic E-state index is 12.9. The predicted molar refractivity (Wildman–Crippen MR) is 111 cm³/mol. The third kappa shape index (κ3) is 4.53. The summed E-state index contributed by atoms with van der Waals surface area (Å²) in [6.45, 7) is 0.466. The van der Waals surface area contributed by atoms with E-state index in [0.717, 1.165) is 24.4 Å². The van der Waals surface area contributed by atoms with E-state index in [1.165, 1.54) is 4.68 Å². The quantitative estimate of drug-likeness (QED) is 0.586. The van der Waals surface area contributed by atoms with Crippen LogP contribution in [-0.2, 0) is 11.3 Å². The zero-order valence-electron chi connectivity index (χ0n) is 16.8. The van der Waals surface area contributed by atoms with Crippen molar-refractivity contribution in [2.75, 3.05) is 20.3 Å². The van der Waals surface area contributed by atoms with Crippen LogP contribution in [0.15, 0.2) is 59.4 Å². The Morgan fingerprint density at radius 1 is 1.13 bits per heavy atom. The summed E-state index contributed by atoms with van der Waals surface area (Å²) in [6, 6.07) is 16.6. The summed E-state index contributed by atoms with van der Waals surface area (Å²) in [7, 11) is 1.57. The number of methoxy groups -OCH3 is 1. The van der Waals surface area contributed by atoms with E-state index in [2.05, 4.69) is 10.4 Å². The fourth-order valence-electron chi connectivity index (χ4n) is 3.19. The highest BCUT2D eigenvalue weighted by Gasteiger charge is 2.31. The summed E-state index contributed by atoms with van der Waals surface area (Å²) in [6.07, 6.45) is 2.09. The highest BCUT2D eigenvalue weighted by atomic mass is 16.5. The van der Waals surface area contributed by atoms with Gasteiger partial charge >= 0.3 is 5.69 Å². The lowest BCUT2D eigenvalue weighted by Gasteiger charge is -2.08. The molecule has 0 saturated heterocycles. The van der Waals surface area contributed by atoms with E-state index in [-0.39, 0.29) is 24.7 Å². The number of amides is 1. The Balaban J connectivity index is 1.35. The third-order valence-corrected chi connectivity index (χ3v) is 4.88. The number of rotatable bonds is 9. The van der Waals surface area contributed by atoms with Gasteiger partial charge in [0, 0.05) is 18.5 Å². The molecule has 8 heteroatoms. The van der Waals surface area contributed by atoms with E-state index >= 15 is 0 Å². The first-order valence-electron chi connectivity index (χ1n) is 9.94. The molecule has 3 aromatic rings. The molecule has 1 N–H and O–H groups in total. The molecule has 2 aromatic carbocycles. The van der Waals surface area contributed by atoms with Gasteiger partial charge in [-0.1, -0.05) is 24.3 Å². The van der Waals surface area contributed by atoms with E-state index in [1.807, 2.05) is 30.3 Å². The molecule has 0 bridgehead atoms. The predicted octanol–water partition coefficient (Wildman–Crippen LogP) is 2.12. The van der Waals surface area contributed by atoms with Crippen molar-refractivity contribution < 1.29 is 14.3 Å². The molecule has 1 aliphatic carbocycles. The summed E-state index contributed by atoms with van der Waals surface area (Å²) >= 11 is 0. The van der Waals surface area contributed by atoms with Crippen molar-refractivity contribution in [3.8, 4) is 17.2 Å². The van der Waals surface area contributed by atoms with Crippen LogP contribution in [0.2, 0.25) is 0 Å². The van der Waals surface area contributed by atoms with Crippen LogP contribution in [-0.4, -0.2) is 40.5 Å². The average molecular weight is 408 g/mol. The average Bonchev–Trinajstić information content (AvgIpc) is 3.57. The Morgan fingerprint density at radius 3 is 2.63 bits per heavy atom. The van der Waals surface area contributed by atoms with Crippen LogP contribution in [0.1, 0.15) is 24.6 Å². The summed E-state index contributed by atoms with van der Waals surface area (Å²) < 4.78 is 13.7. The van der Waals surface area contributed by atoms with Crippen molar-refractivity contribution in [2.45, 2.75) is 25.3 Å². The van der Waals surface area contributed by atoms with Crippen LogP contribution in [0.3, 0.4) is 0 Å². The van der Waals surface area contributed by atoms with Crippen LogP contribution in [0.5, 0.6) is 11.5 Å². The fourth-order valence-corrected chi connectivity index (χ4v) is 3.19. The second kappa shape index (κ2) is 8.86. The number of carbonyl (C=O) groups is 1. The summed E-state index contributed by atoms with van der Waals surface area (Å²) in [5.74, 6) is 2.06. The van der Waals surface area contributed by atoms with E-state index in [1.54, 1.807) is 35.9 Å².